The van der Waals surface area contributed by atoms with E-state index in [1.807, 2.05) is 32.2 Å². The van der Waals surface area contributed by atoms with Gasteiger partial charge >= 0.3 is 0 Å². The smallest absolute Gasteiger partial charge is 0.134 e. The molecule has 0 aromatic carbocycles. The fraction of sp³-hybridized carbons (Fsp3) is 0.591. The highest BCUT2D eigenvalue weighted by Crippen LogP contribution is 2.20. The van der Waals surface area contributed by atoms with E-state index < -0.39 is 0 Å². The van der Waals surface area contributed by atoms with Crippen LogP contribution in [0.5, 0.6) is 0 Å². The number of anilines is 3. The van der Waals surface area contributed by atoms with Gasteiger partial charge in [0.1, 0.15) is 23.8 Å². The van der Waals surface area contributed by atoms with Gasteiger partial charge in [0.25, 0.3) is 0 Å². The fourth-order valence-corrected chi connectivity index (χ4v) is 3.28. The van der Waals surface area contributed by atoms with Crippen LogP contribution in [0.1, 0.15) is 34.1 Å². The number of piperazine rings is 2. The zero-order chi connectivity index (χ0) is 20.9. The van der Waals surface area contributed by atoms with Crippen LogP contribution in [0.4, 0.5) is 17.5 Å². The van der Waals surface area contributed by atoms with Crippen molar-refractivity contribution in [1.29, 1.82) is 0 Å². The van der Waals surface area contributed by atoms with E-state index in [0.717, 1.165) is 69.8 Å². The Kier molecular flexibility index (Phi) is 10.2. The van der Waals surface area contributed by atoms with Crippen LogP contribution < -0.4 is 20.0 Å². The molecule has 7 nitrogen and oxygen atoms in total. The van der Waals surface area contributed by atoms with Crippen molar-refractivity contribution in [3.8, 4) is 0 Å². The molecule has 0 atom stereocenters. The van der Waals surface area contributed by atoms with E-state index in [1.165, 1.54) is 6.42 Å². The summed E-state index contributed by atoms with van der Waals surface area (Å²) in [5.41, 5.74) is 0. The Bertz CT molecular complexity index is 666. The maximum absolute atomic E-state index is 4.49. The van der Waals surface area contributed by atoms with Crippen LogP contribution in [0.3, 0.4) is 0 Å². The summed E-state index contributed by atoms with van der Waals surface area (Å²) in [5.74, 6) is 3.12. The van der Waals surface area contributed by atoms with Crippen molar-refractivity contribution in [2.45, 2.75) is 34.1 Å². The Balaban J connectivity index is 0.000000551. The molecule has 2 aromatic rings. The van der Waals surface area contributed by atoms with Gasteiger partial charge in [0, 0.05) is 64.6 Å². The predicted molar refractivity (Wildman–Crippen MR) is 123 cm³/mol. The van der Waals surface area contributed by atoms with Crippen LogP contribution in [-0.2, 0) is 0 Å². The van der Waals surface area contributed by atoms with Gasteiger partial charge in [-0.05, 0) is 12.1 Å². The summed E-state index contributed by atoms with van der Waals surface area (Å²) >= 11 is 0. The summed E-state index contributed by atoms with van der Waals surface area (Å²) in [6, 6.07) is 8.20. The van der Waals surface area contributed by atoms with Crippen molar-refractivity contribution in [2.24, 2.45) is 0 Å². The second-order valence-electron chi connectivity index (χ2n) is 6.84. The second kappa shape index (κ2) is 12.9. The highest BCUT2D eigenvalue weighted by Gasteiger charge is 2.20. The molecule has 0 aliphatic carbocycles. The molecule has 0 unspecified atom stereocenters. The highest BCUT2D eigenvalue weighted by atomic mass is 15.3. The first-order valence-corrected chi connectivity index (χ1v) is 11.0. The Labute approximate surface area is 176 Å². The van der Waals surface area contributed by atoms with Gasteiger partial charge in [-0.25, -0.2) is 15.0 Å². The number of pyridine rings is 1. The Morgan fingerprint density at radius 3 is 1.79 bits per heavy atom. The van der Waals surface area contributed by atoms with Crippen molar-refractivity contribution in [2.75, 3.05) is 67.1 Å². The molecule has 0 radical (unpaired) electrons. The molecule has 2 aliphatic heterocycles. The van der Waals surface area contributed by atoms with Gasteiger partial charge in [0.05, 0.1) is 0 Å². The Hall–Kier alpha value is -2.41. The molecule has 0 bridgehead atoms. The number of hydrogen-bond acceptors (Lipinski definition) is 7. The molecular formula is C22H37N7. The number of aromatic nitrogens is 3. The third-order valence-corrected chi connectivity index (χ3v) is 4.66. The summed E-state index contributed by atoms with van der Waals surface area (Å²) in [4.78, 5) is 20.4. The molecule has 4 heterocycles. The molecule has 0 amide bonds. The minimum absolute atomic E-state index is 0.953. The maximum Gasteiger partial charge on any atom is 0.134 e. The van der Waals surface area contributed by atoms with Gasteiger partial charge in [-0.2, -0.15) is 0 Å². The lowest BCUT2D eigenvalue weighted by Gasteiger charge is -2.36. The lowest BCUT2D eigenvalue weighted by atomic mass is 10.3. The highest BCUT2D eigenvalue weighted by molar-refractivity contribution is 5.52. The van der Waals surface area contributed by atoms with Gasteiger partial charge in [-0.1, -0.05) is 40.2 Å². The van der Waals surface area contributed by atoms with Crippen LogP contribution in [0.2, 0.25) is 0 Å². The van der Waals surface area contributed by atoms with Crippen molar-refractivity contribution in [3.05, 3.63) is 36.8 Å². The molecule has 7 heteroatoms. The normalized spacial score (nSPS) is 16.3. The molecule has 2 aliphatic rings. The van der Waals surface area contributed by atoms with Gasteiger partial charge in [0.15, 0.2) is 0 Å². The minimum Gasteiger partial charge on any atom is -0.354 e. The third kappa shape index (κ3) is 6.85. The average molecular weight is 400 g/mol. The molecule has 0 saturated carbocycles. The summed E-state index contributed by atoms with van der Waals surface area (Å²) in [5, 5.41) is 3.38. The number of rotatable bonds is 3. The topological polar surface area (TPSA) is 60.4 Å². The first-order valence-electron chi connectivity index (χ1n) is 11.0. The van der Waals surface area contributed by atoms with E-state index in [1.54, 1.807) is 6.33 Å². The van der Waals surface area contributed by atoms with E-state index in [4.69, 9.17) is 0 Å². The van der Waals surface area contributed by atoms with Crippen molar-refractivity contribution >= 4 is 17.5 Å². The third-order valence-electron chi connectivity index (χ3n) is 4.66. The first-order chi connectivity index (χ1) is 14.3. The van der Waals surface area contributed by atoms with E-state index in [2.05, 4.69) is 60.9 Å². The van der Waals surface area contributed by atoms with Gasteiger partial charge in [0.2, 0.25) is 0 Å². The van der Waals surface area contributed by atoms with Crippen molar-refractivity contribution in [3.63, 3.8) is 0 Å². The average Bonchev–Trinajstić information content (AvgIpc) is 2.82. The molecule has 29 heavy (non-hydrogen) atoms. The van der Waals surface area contributed by atoms with E-state index in [-0.39, 0.29) is 0 Å². The SMILES string of the molecule is CC.CCC.c1ccc(N2CCN(c3cc(N4CCNCC4)ncn3)CC2)nc1. The van der Waals surface area contributed by atoms with Crippen molar-refractivity contribution in [1.82, 2.24) is 20.3 Å². The molecule has 2 fully saturated rings. The second-order valence-corrected chi connectivity index (χ2v) is 6.84. The van der Waals surface area contributed by atoms with E-state index in [0.29, 0.717) is 0 Å². The summed E-state index contributed by atoms with van der Waals surface area (Å²) in [6.45, 7) is 16.1. The molecule has 160 valence electrons. The molecule has 4 rings (SSSR count). The molecule has 2 saturated heterocycles. The Morgan fingerprint density at radius 2 is 1.28 bits per heavy atom. The summed E-state index contributed by atoms with van der Waals surface area (Å²) in [6.07, 6.45) is 4.80. The zero-order valence-corrected chi connectivity index (χ0v) is 18.5. The molecular weight excluding hydrogens is 362 g/mol. The number of nitrogens with one attached hydrogen (secondary N) is 1. The van der Waals surface area contributed by atoms with E-state index >= 15 is 0 Å². The first kappa shape index (κ1) is 22.9. The monoisotopic (exact) mass is 399 g/mol. The van der Waals surface area contributed by atoms with E-state index in [9.17, 15) is 0 Å². The fourth-order valence-electron chi connectivity index (χ4n) is 3.28. The minimum atomic E-state index is 0.953. The largest absolute Gasteiger partial charge is 0.354 e. The van der Waals surface area contributed by atoms with Crippen LogP contribution in [0.25, 0.3) is 0 Å². The summed E-state index contributed by atoms with van der Waals surface area (Å²) < 4.78 is 0. The predicted octanol–water partition coefficient (Wildman–Crippen LogP) is 3.05. The van der Waals surface area contributed by atoms with Gasteiger partial charge < -0.3 is 20.0 Å². The van der Waals surface area contributed by atoms with Crippen LogP contribution in [0, 0.1) is 0 Å². The zero-order valence-electron chi connectivity index (χ0n) is 18.5. The molecule has 1 N–H and O–H groups in total. The quantitative estimate of drug-likeness (QED) is 0.851. The maximum atomic E-state index is 4.49. The molecule has 2 aromatic heterocycles. The lowest BCUT2D eigenvalue weighted by Crippen LogP contribution is -2.47. The lowest BCUT2D eigenvalue weighted by molar-refractivity contribution is 0.584. The Morgan fingerprint density at radius 1 is 0.759 bits per heavy atom. The summed E-state index contributed by atoms with van der Waals surface area (Å²) in [7, 11) is 0. The van der Waals surface area contributed by atoms with Crippen LogP contribution in [0.15, 0.2) is 36.8 Å². The van der Waals surface area contributed by atoms with Gasteiger partial charge in [-0.15, -0.1) is 0 Å². The molecule has 0 spiro atoms. The van der Waals surface area contributed by atoms with Crippen LogP contribution >= 0.6 is 0 Å². The number of nitrogens with zero attached hydrogens (tertiary/aromatic N) is 6. The van der Waals surface area contributed by atoms with Crippen LogP contribution in [-0.4, -0.2) is 67.3 Å². The van der Waals surface area contributed by atoms with Gasteiger partial charge in [-0.3, -0.25) is 0 Å². The number of hydrogen-bond donors (Lipinski definition) is 1. The standard InChI is InChI=1S/C17H23N7.C3H8.C2H6/c1-2-4-19-15(3-1)23-9-11-24(12-10-23)17-13-16(20-14-21-17)22-7-5-18-6-8-22;1-3-2;1-2/h1-4,13-14,18H,5-12H2;3H2,1-2H3;1-2H3. The van der Waals surface area contributed by atoms with Crippen molar-refractivity contribution < 1.29 is 0 Å².